The molecular formula is C32H55NO3. The first-order chi connectivity index (χ1) is 16.8. The van der Waals surface area contributed by atoms with E-state index in [9.17, 15) is 4.79 Å². The molecule has 1 aliphatic rings. The van der Waals surface area contributed by atoms with E-state index in [0.29, 0.717) is 5.75 Å². The second-order valence-corrected chi connectivity index (χ2v) is 12.6. The van der Waals surface area contributed by atoms with Gasteiger partial charge in [-0.25, -0.2) is 4.79 Å². The molecule has 0 spiro atoms. The molecule has 0 aliphatic carbocycles. The SMILES string of the molecule is Cc1c(C)c2c(c(C)c1OC(=O)C(C)N)CC[C@@](C)(CCC[C@H](C)CCC[C@H](C)CCCC(C)C)O2. The van der Waals surface area contributed by atoms with E-state index in [2.05, 4.69) is 41.5 Å². The molecule has 2 N–H and O–H groups in total. The fourth-order valence-corrected chi connectivity index (χ4v) is 5.61. The van der Waals surface area contributed by atoms with Crippen molar-refractivity contribution in [1.82, 2.24) is 0 Å². The lowest BCUT2D eigenvalue weighted by atomic mass is 9.83. The van der Waals surface area contributed by atoms with Crippen molar-refractivity contribution in [2.24, 2.45) is 23.5 Å². The van der Waals surface area contributed by atoms with E-state index in [1.807, 2.05) is 13.8 Å². The smallest absolute Gasteiger partial charge is 0.328 e. The molecule has 4 heteroatoms. The summed E-state index contributed by atoms with van der Waals surface area (Å²) in [5.74, 6) is 3.74. The summed E-state index contributed by atoms with van der Waals surface area (Å²) in [6.45, 7) is 19.6. The minimum absolute atomic E-state index is 0.134. The third-order valence-corrected chi connectivity index (χ3v) is 8.41. The summed E-state index contributed by atoms with van der Waals surface area (Å²) in [5, 5.41) is 0. The molecule has 2 rings (SSSR count). The third-order valence-electron chi connectivity index (χ3n) is 8.41. The zero-order valence-electron chi connectivity index (χ0n) is 24.9. The molecule has 1 aromatic carbocycles. The number of carbonyl (C=O) groups is 1. The quantitative estimate of drug-likeness (QED) is 0.205. The zero-order valence-corrected chi connectivity index (χ0v) is 24.9. The van der Waals surface area contributed by atoms with E-state index in [-0.39, 0.29) is 5.60 Å². The van der Waals surface area contributed by atoms with E-state index < -0.39 is 12.0 Å². The minimum atomic E-state index is -0.639. The lowest BCUT2D eigenvalue weighted by Crippen LogP contribution is -2.37. The van der Waals surface area contributed by atoms with Gasteiger partial charge >= 0.3 is 5.97 Å². The van der Waals surface area contributed by atoms with Crippen molar-refractivity contribution in [2.75, 3.05) is 0 Å². The maximum absolute atomic E-state index is 12.2. The molecule has 1 aromatic rings. The molecule has 0 saturated heterocycles. The monoisotopic (exact) mass is 501 g/mol. The van der Waals surface area contributed by atoms with E-state index in [1.54, 1.807) is 6.92 Å². The highest BCUT2D eigenvalue weighted by molar-refractivity contribution is 5.79. The number of hydrogen-bond donors (Lipinski definition) is 1. The van der Waals surface area contributed by atoms with Crippen molar-refractivity contribution in [3.05, 3.63) is 22.3 Å². The van der Waals surface area contributed by atoms with Crippen LogP contribution in [0, 0.1) is 38.5 Å². The highest BCUT2D eigenvalue weighted by Gasteiger charge is 2.35. The molecule has 0 bridgehead atoms. The molecule has 1 heterocycles. The average molecular weight is 502 g/mol. The Labute approximate surface area is 222 Å². The number of benzene rings is 1. The Bertz CT molecular complexity index is 860. The van der Waals surface area contributed by atoms with Crippen molar-refractivity contribution < 1.29 is 14.3 Å². The highest BCUT2D eigenvalue weighted by atomic mass is 16.5. The third kappa shape index (κ3) is 8.78. The number of fused-ring (bicyclic) bond motifs is 1. The molecule has 4 atom stereocenters. The maximum Gasteiger partial charge on any atom is 0.328 e. The van der Waals surface area contributed by atoms with Crippen LogP contribution in [0.1, 0.15) is 128 Å². The molecular weight excluding hydrogens is 446 g/mol. The normalized spacial score (nSPS) is 20.0. The number of hydrogen-bond acceptors (Lipinski definition) is 4. The lowest BCUT2D eigenvalue weighted by molar-refractivity contribution is -0.135. The standard InChI is InChI=1S/C32H55NO3/c1-21(2)13-10-14-22(3)15-11-16-23(4)17-12-19-32(9)20-18-28-26(7)29(35-31(34)27(8)33)24(5)25(6)30(28)36-32/h21-23,27H,10-20,33H2,1-9H3/t22-,23-,27?,32-/m1/s1. The van der Waals surface area contributed by atoms with E-state index in [4.69, 9.17) is 15.2 Å². The number of ether oxygens (including phenoxy) is 2. The summed E-state index contributed by atoms with van der Waals surface area (Å²) < 4.78 is 12.4. The Morgan fingerprint density at radius 3 is 2.00 bits per heavy atom. The van der Waals surface area contributed by atoms with Crippen LogP contribution in [0.4, 0.5) is 0 Å². The van der Waals surface area contributed by atoms with Gasteiger partial charge < -0.3 is 15.2 Å². The summed E-state index contributed by atoms with van der Waals surface area (Å²) >= 11 is 0. The topological polar surface area (TPSA) is 61.5 Å². The summed E-state index contributed by atoms with van der Waals surface area (Å²) in [5.41, 5.74) is 9.83. The van der Waals surface area contributed by atoms with Gasteiger partial charge in [0.1, 0.15) is 23.1 Å². The van der Waals surface area contributed by atoms with Crippen molar-refractivity contribution >= 4 is 5.97 Å². The molecule has 36 heavy (non-hydrogen) atoms. The van der Waals surface area contributed by atoms with Gasteiger partial charge in [-0.2, -0.15) is 0 Å². The van der Waals surface area contributed by atoms with Crippen LogP contribution in [0.25, 0.3) is 0 Å². The van der Waals surface area contributed by atoms with Crippen LogP contribution in [0.2, 0.25) is 0 Å². The Hall–Kier alpha value is -1.55. The summed E-state index contributed by atoms with van der Waals surface area (Å²) in [6.07, 6.45) is 13.7. The zero-order chi connectivity index (χ0) is 27.0. The first kappa shape index (κ1) is 30.7. The van der Waals surface area contributed by atoms with Gasteiger partial charge in [0, 0.05) is 5.56 Å². The van der Waals surface area contributed by atoms with Gasteiger partial charge in [0.15, 0.2) is 0 Å². The molecule has 0 aromatic heterocycles. The molecule has 0 saturated carbocycles. The van der Waals surface area contributed by atoms with Crippen molar-refractivity contribution in [3.63, 3.8) is 0 Å². The van der Waals surface area contributed by atoms with Gasteiger partial charge in [-0.3, -0.25) is 0 Å². The molecule has 0 amide bonds. The Balaban J connectivity index is 1.86. The summed E-state index contributed by atoms with van der Waals surface area (Å²) in [6, 6.07) is -0.639. The molecule has 4 nitrogen and oxygen atoms in total. The van der Waals surface area contributed by atoms with Crippen LogP contribution in [-0.4, -0.2) is 17.6 Å². The van der Waals surface area contributed by atoms with Crippen molar-refractivity contribution in [2.45, 2.75) is 145 Å². The van der Waals surface area contributed by atoms with Crippen LogP contribution in [0.3, 0.4) is 0 Å². The van der Waals surface area contributed by atoms with Gasteiger partial charge in [-0.1, -0.05) is 72.6 Å². The maximum atomic E-state index is 12.2. The van der Waals surface area contributed by atoms with Crippen LogP contribution in [0.15, 0.2) is 0 Å². The first-order valence-electron chi connectivity index (χ1n) is 14.6. The minimum Gasteiger partial charge on any atom is -0.487 e. The van der Waals surface area contributed by atoms with Gasteiger partial charge in [-0.15, -0.1) is 0 Å². The Morgan fingerprint density at radius 1 is 0.889 bits per heavy atom. The van der Waals surface area contributed by atoms with E-state index in [0.717, 1.165) is 59.5 Å². The molecule has 1 unspecified atom stereocenters. The fraction of sp³-hybridized carbons (Fsp3) is 0.781. The van der Waals surface area contributed by atoms with E-state index in [1.165, 1.54) is 56.9 Å². The van der Waals surface area contributed by atoms with Crippen LogP contribution in [0.5, 0.6) is 11.5 Å². The average Bonchev–Trinajstić information content (AvgIpc) is 2.79. The second kappa shape index (κ2) is 13.8. The predicted octanol–water partition coefficient (Wildman–Crippen LogP) is 8.39. The number of nitrogens with two attached hydrogens (primary N) is 1. The lowest BCUT2D eigenvalue weighted by Gasteiger charge is -2.38. The van der Waals surface area contributed by atoms with Gasteiger partial charge in [0.25, 0.3) is 0 Å². The number of carbonyl (C=O) groups excluding carboxylic acids is 1. The summed E-state index contributed by atoms with van der Waals surface area (Å²) in [4.78, 5) is 12.2. The largest absolute Gasteiger partial charge is 0.487 e. The van der Waals surface area contributed by atoms with Gasteiger partial charge in [-0.05, 0) is 94.7 Å². The first-order valence-corrected chi connectivity index (χ1v) is 14.6. The summed E-state index contributed by atoms with van der Waals surface area (Å²) in [7, 11) is 0. The van der Waals surface area contributed by atoms with Crippen molar-refractivity contribution in [3.8, 4) is 11.5 Å². The van der Waals surface area contributed by atoms with Crippen LogP contribution >= 0.6 is 0 Å². The predicted molar refractivity (Wildman–Crippen MR) is 152 cm³/mol. The van der Waals surface area contributed by atoms with Gasteiger partial charge in [0.05, 0.1) is 0 Å². The second-order valence-electron chi connectivity index (χ2n) is 12.6. The van der Waals surface area contributed by atoms with Gasteiger partial charge in [0.2, 0.25) is 0 Å². The van der Waals surface area contributed by atoms with E-state index >= 15 is 0 Å². The highest BCUT2D eigenvalue weighted by Crippen LogP contribution is 2.45. The molecule has 1 aliphatic heterocycles. The molecule has 0 radical (unpaired) electrons. The number of rotatable bonds is 14. The van der Waals surface area contributed by atoms with Crippen LogP contribution in [-0.2, 0) is 11.2 Å². The fourth-order valence-electron chi connectivity index (χ4n) is 5.61. The Morgan fingerprint density at radius 2 is 1.44 bits per heavy atom. The van der Waals surface area contributed by atoms with Crippen LogP contribution < -0.4 is 15.2 Å². The molecule has 0 fully saturated rings. The number of esters is 1. The van der Waals surface area contributed by atoms with Crippen molar-refractivity contribution in [1.29, 1.82) is 0 Å². The Kier molecular flexibility index (Phi) is 11.8. The molecule has 206 valence electrons.